The van der Waals surface area contributed by atoms with Crippen LogP contribution in [0.25, 0.3) is 0 Å². The average molecular weight is 287 g/mol. The molecule has 0 heterocycles. The Morgan fingerprint density at radius 2 is 2.00 bits per heavy atom. The molecule has 19 heavy (non-hydrogen) atoms. The summed E-state index contributed by atoms with van der Waals surface area (Å²) in [5.41, 5.74) is 0.0762. The second-order valence-corrected chi connectivity index (χ2v) is 5.72. The van der Waals surface area contributed by atoms with Gasteiger partial charge in [-0.3, -0.25) is 4.79 Å². The minimum Gasteiger partial charge on any atom is -0.480 e. The second kappa shape index (κ2) is 5.81. The number of carbonyl (C=O) groups excluding carboxylic acids is 1. The van der Waals surface area contributed by atoms with Gasteiger partial charge >= 0.3 is 11.9 Å². The van der Waals surface area contributed by atoms with Crippen molar-refractivity contribution in [2.24, 2.45) is 0 Å². The van der Waals surface area contributed by atoms with Crippen molar-refractivity contribution in [3.63, 3.8) is 0 Å². The van der Waals surface area contributed by atoms with E-state index in [9.17, 15) is 18.0 Å². The summed E-state index contributed by atoms with van der Waals surface area (Å²) in [5, 5.41) is 8.59. The molecule has 0 radical (unpaired) electrons. The third-order valence-corrected chi connectivity index (χ3v) is 4.12. The highest BCUT2D eigenvalue weighted by Gasteiger charge is 2.23. The minimum atomic E-state index is -3.95. The van der Waals surface area contributed by atoms with Crippen molar-refractivity contribution < 1.29 is 27.9 Å². The van der Waals surface area contributed by atoms with Gasteiger partial charge in [-0.1, -0.05) is 6.07 Å². The summed E-state index contributed by atoms with van der Waals surface area (Å²) in [6.07, 6.45) is 0. The zero-order valence-electron chi connectivity index (χ0n) is 10.4. The number of methoxy groups -OCH3 is 1. The van der Waals surface area contributed by atoms with Crippen molar-refractivity contribution in [2.75, 3.05) is 20.7 Å². The fraction of sp³-hybridized carbons (Fsp3) is 0.273. The number of hydrogen-bond acceptors (Lipinski definition) is 5. The topological polar surface area (TPSA) is 101 Å². The fourth-order valence-corrected chi connectivity index (χ4v) is 2.52. The molecule has 1 aromatic carbocycles. The minimum absolute atomic E-state index is 0.0762. The van der Waals surface area contributed by atoms with Crippen molar-refractivity contribution in [2.45, 2.75) is 4.90 Å². The van der Waals surface area contributed by atoms with E-state index in [1.165, 1.54) is 25.3 Å². The highest BCUT2D eigenvalue weighted by atomic mass is 32.2. The number of ether oxygens (including phenoxy) is 1. The molecule has 0 saturated carbocycles. The number of rotatable bonds is 5. The van der Waals surface area contributed by atoms with E-state index in [1.807, 2.05) is 0 Å². The monoisotopic (exact) mass is 287 g/mol. The molecule has 1 aromatic rings. The first-order valence-corrected chi connectivity index (χ1v) is 6.59. The highest BCUT2D eigenvalue weighted by Crippen LogP contribution is 2.16. The van der Waals surface area contributed by atoms with Crippen LogP contribution >= 0.6 is 0 Å². The Bertz CT molecular complexity index is 595. The number of likely N-dealkylation sites (N-methyl/N-ethyl adjacent to an activating group) is 1. The number of benzene rings is 1. The van der Waals surface area contributed by atoms with Crippen LogP contribution in [0.1, 0.15) is 10.4 Å². The largest absolute Gasteiger partial charge is 0.480 e. The predicted octanol–water partition coefficient (Wildman–Crippen LogP) is 0.178. The molecule has 1 N–H and O–H groups in total. The molecule has 0 atom stereocenters. The van der Waals surface area contributed by atoms with Gasteiger partial charge in [-0.2, -0.15) is 4.31 Å². The van der Waals surface area contributed by atoms with E-state index < -0.39 is 28.5 Å². The molecular weight excluding hydrogens is 274 g/mol. The van der Waals surface area contributed by atoms with Crippen molar-refractivity contribution in [3.8, 4) is 0 Å². The molecule has 0 fully saturated rings. The van der Waals surface area contributed by atoms with Crippen molar-refractivity contribution in [1.82, 2.24) is 4.31 Å². The third-order valence-electron chi connectivity index (χ3n) is 2.32. The van der Waals surface area contributed by atoms with E-state index in [-0.39, 0.29) is 10.5 Å². The van der Waals surface area contributed by atoms with Crippen LogP contribution in [0.15, 0.2) is 29.2 Å². The quantitative estimate of drug-likeness (QED) is 0.775. The number of carboxylic acid groups (broad SMARTS) is 1. The number of nitrogens with zero attached hydrogens (tertiary/aromatic N) is 1. The molecule has 0 aromatic heterocycles. The molecule has 1 rings (SSSR count). The van der Waals surface area contributed by atoms with Crippen LogP contribution in [0.4, 0.5) is 0 Å². The lowest BCUT2D eigenvalue weighted by Crippen LogP contribution is -2.32. The van der Waals surface area contributed by atoms with Crippen molar-refractivity contribution in [3.05, 3.63) is 29.8 Å². The number of carbonyl (C=O) groups is 2. The maximum Gasteiger partial charge on any atom is 0.337 e. The zero-order chi connectivity index (χ0) is 14.6. The van der Waals surface area contributed by atoms with Gasteiger partial charge < -0.3 is 9.84 Å². The third kappa shape index (κ3) is 3.52. The molecule has 0 aliphatic carbocycles. The number of carboxylic acids is 1. The van der Waals surface area contributed by atoms with Crippen LogP contribution in [0.5, 0.6) is 0 Å². The normalized spacial score (nSPS) is 11.3. The molecule has 8 heteroatoms. The van der Waals surface area contributed by atoms with Gasteiger partial charge in [-0.05, 0) is 18.2 Å². The van der Waals surface area contributed by atoms with Crippen LogP contribution in [-0.2, 0) is 19.6 Å². The van der Waals surface area contributed by atoms with Crippen molar-refractivity contribution >= 4 is 22.0 Å². The molecule has 0 spiro atoms. The summed E-state index contributed by atoms with van der Waals surface area (Å²) in [4.78, 5) is 21.7. The molecule has 0 aliphatic heterocycles. The molecule has 7 nitrogen and oxygen atoms in total. The van der Waals surface area contributed by atoms with Crippen LogP contribution in [0, 0.1) is 0 Å². The van der Waals surface area contributed by atoms with Gasteiger partial charge in [0.05, 0.1) is 17.6 Å². The summed E-state index contributed by atoms with van der Waals surface area (Å²) < 4.78 is 29.3. The molecule has 0 amide bonds. The molecule has 104 valence electrons. The van der Waals surface area contributed by atoms with E-state index >= 15 is 0 Å². The Morgan fingerprint density at radius 1 is 1.37 bits per heavy atom. The van der Waals surface area contributed by atoms with Gasteiger partial charge in [0, 0.05) is 7.05 Å². The first kappa shape index (κ1) is 15.1. The van der Waals surface area contributed by atoms with Gasteiger partial charge in [0.1, 0.15) is 6.54 Å². The summed E-state index contributed by atoms with van der Waals surface area (Å²) in [7, 11) is -1.63. The average Bonchev–Trinajstić information content (AvgIpc) is 2.37. The van der Waals surface area contributed by atoms with Gasteiger partial charge in [0.15, 0.2) is 0 Å². The Balaban J connectivity index is 3.15. The van der Waals surface area contributed by atoms with E-state index in [2.05, 4.69) is 4.74 Å². The highest BCUT2D eigenvalue weighted by molar-refractivity contribution is 7.89. The lowest BCUT2D eigenvalue weighted by molar-refractivity contribution is -0.137. The van der Waals surface area contributed by atoms with E-state index in [0.29, 0.717) is 4.31 Å². The SMILES string of the molecule is COC(=O)c1cccc(S(=O)(=O)N(C)CC(=O)O)c1. The molecular formula is C11H13NO6S. The van der Waals surface area contributed by atoms with E-state index in [1.54, 1.807) is 0 Å². The van der Waals surface area contributed by atoms with Crippen LogP contribution in [0.2, 0.25) is 0 Å². The van der Waals surface area contributed by atoms with Crippen LogP contribution < -0.4 is 0 Å². The first-order chi connectivity index (χ1) is 8.78. The maximum atomic E-state index is 12.0. The number of sulfonamides is 1. The Labute approximate surface area is 110 Å². The smallest absolute Gasteiger partial charge is 0.337 e. The van der Waals surface area contributed by atoms with Gasteiger partial charge in [0.2, 0.25) is 10.0 Å². The lowest BCUT2D eigenvalue weighted by atomic mass is 10.2. The standard InChI is InChI=1S/C11H13NO6S/c1-12(7-10(13)14)19(16,17)9-5-3-4-8(6-9)11(15)18-2/h3-6H,7H2,1-2H3,(H,13,14). The lowest BCUT2D eigenvalue weighted by Gasteiger charge is -2.15. The van der Waals surface area contributed by atoms with E-state index in [0.717, 1.165) is 13.1 Å². The van der Waals surface area contributed by atoms with Crippen LogP contribution in [-0.4, -0.2) is 50.5 Å². The number of hydrogen-bond donors (Lipinski definition) is 1. The Morgan fingerprint density at radius 3 is 2.53 bits per heavy atom. The van der Waals surface area contributed by atoms with Crippen LogP contribution in [0.3, 0.4) is 0 Å². The maximum absolute atomic E-state index is 12.0. The van der Waals surface area contributed by atoms with Gasteiger partial charge in [-0.15, -0.1) is 0 Å². The van der Waals surface area contributed by atoms with Crippen molar-refractivity contribution in [1.29, 1.82) is 0 Å². The molecule has 0 aliphatic rings. The summed E-state index contributed by atoms with van der Waals surface area (Å²) in [6, 6.07) is 5.20. The molecule has 0 unspecified atom stereocenters. The van der Waals surface area contributed by atoms with Gasteiger partial charge in [-0.25, -0.2) is 13.2 Å². The molecule has 0 saturated heterocycles. The predicted molar refractivity (Wildman–Crippen MR) is 65.2 cm³/mol. The number of esters is 1. The van der Waals surface area contributed by atoms with Gasteiger partial charge in [0.25, 0.3) is 0 Å². The Kier molecular flexibility index (Phi) is 4.62. The first-order valence-electron chi connectivity index (χ1n) is 5.15. The zero-order valence-corrected chi connectivity index (χ0v) is 11.2. The summed E-state index contributed by atoms with van der Waals surface area (Å²) in [5.74, 6) is -1.94. The fourth-order valence-electron chi connectivity index (χ4n) is 1.36. The number of aliphatic carboxylic acids is 1. The summed E-state index contributed by atoms with van der Waals surface area (Å²) in [6.45, 7) is -0.662. The summed E-state index contributed by atoms with van der Waals surface area (Å²) >= 11 is 0. The second-order valence-electron chi connectivity index (χ2n) is 3.67. The Hall–Kier alpha value is -1.93. The molecule has 0 bridgehead atoms. The van der Waals surface area contributed by atoms with E-state index in [4.69, 9.17) is 5.11 Å².